The minimum absolute atomic E-state index is 0.178. The highest BCUT2D eigenvalue weighted by Gasteiger charge is 2.22. The van der Waals surface area contributed by atoms with Crippen molar-refractivity contribution in [3.8, 4) is 0 Å². The van der Waals surface area contributed by atoms with Crippen LogP contribution in [0.5, 0.6) is 0 Å². The van der Waals surface area contributed by atoms with Gasteiger partial charge in [-0.2, -0.15) is 0 Å². The number of hydrogen-bond donors (Lipinski definition) is 2. The fourth-order valence-corrected chi connectivity index (χ4v) is 1.30. The summed E-state index contributed by atoms with van der Waals surface area (Å²) in [5, 5.41) is 0. The first-order chi connectivity index (χ1) is 6.16. The van der Waals surface area contributed by atoms with Gasteiger partial charge < -0.3 is 4.57 Å². The zero-order chi connectivity index (χ0) is 9.84. The van der Waals surface area contributed by atoms with Crippen molar-refractivity contribution in [2.45, 2.75) is 19.9 Å². The van der Waals surface area contributed by atoms with Crippen LogP contribution in [0.15, 0.2) is 18.7 Å². The average Bonchev–Trinajstić information content (AvgIpc) is 2.56. The number of hydrazine groups is 1. The summed E-state index contributed by atoms with van der Waals surface area (Å²) < 4.78 is 1.74. The number of aromatic nitrogens is 2. The number of amides is 1. The lowest BCUT2D eigenvalue weighted by molar-refractivity contribution is -0.125. The molecular formula is C8H14N4O. The average molecular weight is 182 g/mol. The van der Waals surface area contributed by atoms with Crippen LogP contribution in [0.3, 0.4) is 0 Å². The van der Waals surface area contributed by atoms with Crippen molar-refractivity contribution in [1.29, 1.82) is 0 Å². The van der Waals surface area contributed by atoms with Crippen molar-refractivity contribution < 1.29 is 4.79 Å². The van der Waals surface area contributed by atoms with E-state index in [4.69, 9.17) is 5.84 Å². The molecule has 0 aromatic carbocycles. The van der Waals surface area contributed by atoms with Gasteiger partial charge in [0.05, 0.1) is 6.33 Å². The summed E-state index contributed by atoms with van der Waals surface area (Å²) in [6.45, 7) is 3.92. The Hall–Kier alpha value is -1.36. The summed E-state index contributed by atoms with van der Waals surface area (Å²) in [6, 6.07) is -0.285. The van der Waals surface area contributed by atoms with Crippen molar-refractivity contribution in [2.24, 2.45) is 11.8 Å². The number of rotatable bonds is 3. The molecule has 0 radical (unpaired) electrons. The molecule has 13 heavy (non-hydrogen) atoms. The van der Waals surface area contributed by atoms with Crippen molar-refractivity contribution in [1.82, 2.24) is 15.0 Å². The van der Waals surface area contributed by atoms with Crippen LogP contribution < -0.4 is 11.3 Å². The van der Waals surface area contributed by atoms with Gasteiger partial charge in [-0.1, -0.05) is 13.8 Å². The van der Waals surface area contributed by atoms with Gasteiger partial charge in [0.1, 0.15) is 6.04 Å². The molecule has 0 bridgehead atoms. The summed E-state index contributed by atoms with van der Waals surface area (Å²) in [4.78, 5) is 15.3. The minimum atomic E-state index is -0.285. The second-order valence-corrected chi connectivity index (χ2v) is 3.21. The molecule has 5 nitrogen and oxygen atoms in total. The van der Waals surface area contributed by atoms with Crippen LogP contribution in [0.25, 0.3) is 0 Å². The lowest BCUT2D eigenvalue weighted by Gasteiger charge is -2.19. The normalized spacial score (nSPS) is 12.9. The van der Waals surface area contributed by atoms with Gasteiger partial charge in [0.2, 0.25) is 0 Å². The van der Waals surface area contributed by atoms with E-state index in [1.165, 1.54) is 0 Å². The molecule has 3 N–H and O–H groups in total. The van der Waals surface area contributed by atoms with Crippen LogP contribution in [0, 0.1) is 5.92 Å². The number of nitrogens with zero attached hydrogens (tertiary/aromatic N) is 2. The van der Waals surface area contributed by atoms with Crippen molar-refractivity contribution >= 4 is 5.91 Å². The van der Waals surface area contributed by atoms with E-state index in [1.807, 2.05) is 13.8 Å². The Bertz CT molecular complexity index is 268. The molecule has 0 aliphatic rings. The van der Waals surface area contributed by atoms with E-state index in [0.717, 1.165) is 0 Å². The Kier molecular flexibility index (Phi) is 3.02. The van der Waals surface area contributed by atoms with Gasteiger partial charge in [-0.15, -0.1) is 0 Å². The molecule has 1 unspecified atom stereocenters. The lowest BCUT2D eigenvalue weighted by Crippen LogP contribution is -2.39. The molecule has 0 aliphatic carbocycles. The molecule has 0 spiro atoms. The Morgan fingerprint density at radius 3 is 2.69 bits per heavy atom. The second kappa shape index (κ2) is 4.04. The number of carbonyl (C=O) groups is 1. The predicted octanol–water partition coefficient (Wildman–Crippen LogP) is 0.0701. The molecule has 1 rings (SSSR count). The molecule has 0 saturated heterocycles. The first-order valence-electron chi connectivity index (χ1n) is 4.14. The highest BCUT2D eigenvalue weighted by molar-refractivity contribution is 5.79. The molecule has 0 aliphatic heterocycles. The number of nitrogens with one attached hydrogen (secondary N) is 1. The topological polar surface area (TPSA) is 72.9 Å². The van der Waals surface area contributed by atoms with Crippen LogP contribution in [-0.4, -0.2) is 15.5 Å². The first kappa shape index (κ1) is 9.73. The van der Waals surface area contributed by atoms with Gasteiger partial charge in [0.15, 0.2) is 0 Å². The Morgan fingerprint density at radius 2 is 2.31 bits per heavy atom. The van der Waals surface area contributed by atoms with E-state index in [2.05, 4.69) is 10.4 Å². The maximum atomic E-state index is 11.4. The van der Waals surface area contributed by atoms with E-state index in [-0.39, 0.29) is 17.9 Å². The number of imidazole rings is 1. The molecule has 5 heteroatoms. The quantitative estimate of drug-likeness (QED) is 0.394. The summed E-state index contributed by atoms with van der Waals surface area (Å²) in [6.07, 6.45) is 5.00. The van der Waals surface area contributed by atoms with Crippen LogP contribution in [-0.2, 0) is 4.79 Å². The molecular weight excluding hydrogens is 168 g/mol. The molecule has 1 atom stereocenters. The van der Waals surface area contributed by atoms with Gasteiger partial charge in [-0.25, -0.2) is 10.8 Å². The second-order valence-electron chi connectivity index (χ2n) is 3.21. The van der Waals surface area contributed by atoms with Crippen LogP contribution in [0.2, 0.25) is 0 Å². The van der Waals surface area contributed by atoms with Crippen molar-refractivity contribution in [2.75, 3.05) is 0 Å². The predicted molar refractivity (Wildman–Crippen MR) is 48.4 cm³/mol. The standard InChI is InChI=1S/C8H14N4O/c1-6(2)7(8(13)11-9)12-4-3-10-5-12/h3-7H,9H2,1-2H3,(H,11,13). The molecule has 1 amide bonds. The molecule has 72 valence electrons. The van der Waals surface area contributed by atoms with Gasteiger partial charge >= 0.3 is 0 Å². The highest BCUT2D eigenvalue weighted by atomic mass is 16.2. The minimum Gasteiger partial charge on any atom is -0.325 e. The van der Waals surface area contributed by atoms with Crippen LogP contribution >= 0.6 is 0 Å². The SMILES string of the molecule is CC(C)C(C(=O)NN)n1ccnc1. The fraction of sp³-hybridized carbons (Fsp3) is 0.500. The van der Waals surface area contributed by atoms with E-state index in [1.54, 1.807) is 23.3 Å². The van der Waals surface area contributed by atoms with E-state index >= 15 is 0 Å². The zero-order valence-electron chi connectivity index (χ0n) is 7.77. The van der Waals surface area contributed by atoms with Crippen molar-refractivity contribution in [3.05, 3.63) is 18.7 Å². The molecule has 0 saturated carbocycles. The number of carbonyl (C=O) groups excluding carboxylic acids is 1. The summed E-state index contributed by atoms with van der Waals surface area (Å²) in [7, 11) is 0. The monoisotopic (exact) mass is 182 g/mol. The molecule has 1 aromatic rings. The van der Waals surface area contributed by atoms with E-state index < -0.39 is 0 Å². The third kappa shape index (κ3) is 2.06. The number of hydrogen-bond acceptors (Lipinski definition) is 3. The van der Waals surface area contributed by atoms with Gasteiger partial charge in [-0.05, 0) is 5.92 Å². The maximum absolute atomic E-state index is 11.4. The third-order valence-corrected chi connectivity index (χ3v) is 1.89. The van der Waals surface area contributed by atoms with Gasteiger partial charge in [0, 0.05) is 12.4 Å². The maximum Gasteiger partial charge on any atom is 0.257 e. The Labute approximate surface area is 76.9 Å². The first-order valence-corrected chi connectivity index (χ1v) is 4.14. The fourth-order valence-electron chi connectivity index (χ4n) is 1.30. The molecule has 0 fully saturated rings. The highest BCUT2D eigenvalue weighted by Crippen LogP contribution is 2.16. The summed E-state index contributed by atoms with van der Waals surface area (Å²) >= 11 is 0. The van der Waals surface area contributed by atoms with E-state index in [9.17, 15) is 4.79 Å². The molecule has 1 aromatic heterocycles. The molecule has 1 heterocycles. The van der Waals surface area contributed by atoms with Gasteiger partial charge in [0.25, 0.3) is 5.91 Å². The lowest BCUT2D eigenvalue weighted by atomic mass is 10.0. The van der Waals surface area contributed by atoms with Crippen LogP contribution in [0.4, 0.5) is 0 Å². The summed E-state index contributed by atoms with van der Waals surface area (Å²) in [5.41, 5.74) is 2.15. The Balaban J connectivity index is 2.87. The number of nitrogens with two attached hydrogens (primary N) is 1. The third-order valence-electron chi connectivity index (χ3n) is 1.89. The van der Waals surface area contributed by atoms with Crippen molar-refractivity contribution in [3.63, 3.8) is 0 Å². The smallest absolute Gasteiger partial charge is 0.257 e. The zero-order valence-corrected chi connectivity index (χ0v) is 7.77. The van der Waals surface area contributed by atoms with Crippen LogP contribution in [0.1, 0.15) is 19.9 Å². The largest absolute Gasteiger partial charge is 0.325 e. The Morgan fingerprint density at radius 1 is 1.62 bits per heavy atom. The van der Waals surface area contributed by atoms with Gasteiger partial charge in [-0.3, -0.25) is 10.2 Å². The van der Waals surface area contributed by atoms with E-state index in [0.29, 0.717) is 0 Å². The summed E-state index contributed by atoms with van der Waals surface area (Å²) in [5.74, 6) is 5.06.